The van der Waals surface area contributed by atoms with Crippen LogP contribution in [-0.4, -0.2) is 53.6 Å². The van der Waals surface area contributed by atoms with E-state index in [1.807, 2.05) is 13.1 Å². The molecular formula is C25H31F3N6O3Si. The summed E-state index contributed by atoms with van der Waals surface area (Å²) in [6, 6.07) is 2.62. The van der Waals surface area contributed by atoms with Gasteiger partial charge in [-0.05, 0) is 25.1 Å². The fourth-order valence-corrected chi connectivity index (χ4v) is 5.62. The molecule has 4 rings (SSSR count). The van der Waals surface area contributed by atoms with Crippen molar-refractivity contribution >= 4 is 31.6 Å². The van der Waals surface area contributed by atoms with E-state index in [1.165, 1.54) is 16.0 Å². The number of hydrogen-bond acceptors (Lipinski definition) is 5. The molecule has 0 bridgehead atoms. The Hall–Kier alpha value is -3.37. The number of benzene rings is 1. The van der Waals surface area contributed by atoms with E-state index in [0.29, 0.717) is 30.1 Å². The molecule has 0 spiro atoms. The molecule has 13 heteroatoms. The Balaban J connectivity index is 1.57. The minimum Gasteiger partial charge on any atom is -0.404 e. The Morgan fingerprint density at radius 2 is 1.84 bits per heavy atom. The lowest BCUT2D eigenvalue weighted by Crippen LogP contribution is -2.48. The van der Waals surface area contributed by atoms with Crippen LogP contribution in [0.2, 0.25) is 18.1 Å². The number of aromatic nitrogens is 2. The molecule has 1 fully saturated rings. The van der Waals surface area contributed by atoms with Gasteiger partial charge in [-0.1, -0.05) is 20.8 Å². The van der Waals surface area contributed by atoms with Crippen LogP contribution in [0.4, 0.5) is 29.3 Å². The van der Waals surface area contributed by atoms with Crippen LogP contribution >= 0.6 is 0 Å². The molecule has 1 N–H and O–H groups in total. The van der Waals surface area contributed by atoms with Gasteiger partial charge in [0.15, 0.2) is 25.8 Å². The number of carbonyl (C=O) groups excluding carboxylic acids is 2. The number of rotatable bonds is 4. The van der Waals surface area contributed by atoms with Gasteiger partial charge in [0.1, 0.15) is 6.10 Å². The Kier molecular flexibility index (Phi) is 7.09. The summed E-state index contributed by atoms with van der Waals surface area (Å²) in [5.74, 6) is -5.45. The highest BCUT2D eigenvalue weighted by molar-refractivity contribution is 6.74. The van der Waals surface area contributed by atoms with E-state index in [0.717, 1.165) is 0 Å². The van der Waals surface area contributed by atoms with Gasteiger partial charge in [-0.3, -0.25) is 9.48 Å². The Bertz CT molecular complexity index is 1300. The number of nitriles is 1. The molecule has 9 nitrogen and oxygen atoms in total. The van der Waals surface area contributed by atoms with Crippen LogP contribution in [0.15, 0.2) is 18.3 Å². The smallest absolute Gasteiger partial charge is 0.322 e. The van der Waals surface area contributed by atoms with Crippen LogP contribution in [0.1, 0.15) is 33.4 Å². The zero-order valence-electron chi connectivity index (χ0n) is 22.2. The highest BCUT2D eigenvalue weighted by Gasteiger charge is 2.49. The molecule has 2 unspecified atom stereocenters. The molecule has 204 valence electrons. The lowest BCUT2D eigenvalue weighted by atomic mass is 10.1. The topological polar surface area (TPSA) is 103 Å². The summed E-state index contributed by atoms with van der Waals surface area (Å²) in [7, 11) is -2.35. The highest BCUT2D eigenvalue weighted by Crippen LogP contribution is 2.40. The van der Waals surface area contributed by atoms with Gasteiger partial charge in [0.05, 0.1) is 48.7 Å². The minimum atomic E-state index is -2.35. The van der Waals surface area contributed by atoms with Crippen molar-refractivity contribution < 1.29 is 27.2 Å². The van der Waals surface area contributed by atoms with Crippen LogP contribution in [0.5, 0.6) is 0 Å². The minimum absolute atomic E-state index is 0.0449. The van der Waals surface area contributed by atoms with Crippen molar-refractivity contribution in [2.24, 2.45) is 5.92 Å². The maximum Gasteiger partial charge on any atom is 0.322 e. The van der Waals surface area contributed by atoms with Crippen molar-refractivity contribution in [3.63, 3.8) is 0 Å². The molecule has 1 saturated heterocycles. The van der Waals surface area contributed by atoms with Gasteiger partial charge in [-0.25, -0.2) is 18.0 Å². The summed E-state index contributed by atoms with van der Waals surface area (Å²) in [6.45, 7) is 12.5. The number of amides is 3. The molecule has 1 aromatic heterocycles. The number of fused-ring (bicyclic) bond motifs is 1. The Labute approximate surface area is 220 Å². The molecule has 3 atom stereocenters. The molecular weight excluding hydrogens is 517 g/mol. The first-order valence-corrected chi connectivity index (χ1v) is 15.2. The number of hydrogen-bond donors (Lipinski definition) is 1. The Morgan fingerprint density at radius 1 is 1.21 bits per heavy atom. The maximum atomic E-state index is 13.6. The summed E-state index contributed by atoms with van der Waals surface area (Å²) in [4.78, 5) is 29.5. The summed E-state index contributed by atoms with van der Waals surface area (Å²) in [5, 5.41) is 16.4. The number of carbonyl (C=O) groups is 2. The van der Waals surface area contributed by atoms with Gasteiger partial charge in [-0.2, -0.15) is 10.4 Å². The van der Waals surface area contributed by atoms with Gasteiger partial charge in [0, 0.05) is 24.4 Å². The van der Waals surface area contributed by atoms with E-state index in [4.69, 9.17) is 4.43 Å². The maximum absolute atomic E-state index is 13.6. The lowest BCUT2D eigenvalue weighted by Gasteiger charge is -2.38. The number of urea groups is 1. The molecule has 2 aromatic rings. The van der Waals surface area contributed by atoms with E-state index in [-0.39, 0.29) is 35.8 Å². The summed E-state index contributed by atoms with van der Waals surface area (Å²) < 4.78 is 48.6. The fraction of sp³-hybridized carbons (Fsp3) is 0.520. The third kappa shape index (κ3) is 4.90. The number of anilines is 2. The summed E-state index contributed by atoms with van der Waals surface area (Å²) in [5.41, 5.74) is 0.822. The second-order valence-corrected chi connectivity index (χ2v) is 16.1. The predicted octanol–water partition coefficient (Wildman–Crippen LogP) is 4.61. The zero-order valence-corrected chi connectivity index (χ0v) is 23.2. The average molecular weight is 549 g/mol. The van der Waals surface area contributed by atoms with Crippen LogP contribution in [-0.2, 0) is 22.3 Å². The predicted molar refractivity (Wildman–Crippen MR) is 136 cm³/mol. The molecule has 2 aliphatic rings. The SMILES string of the molecule is C[C@H]1Cn2ncc(N3CC(C#N)C(O[Si](C)(C)C(C)(C)C)C3=O)c2CN1C(=O)Nc1cc(F)c(F)c(F)c1. The lowest BCUT2D eigenvalue weighted by molar-refractivity contribution is -0.124. The van der Waals surface area contributed by atoms with Crippen LogP contribution in [0, 0.1) is 34.7 Å². The molecule has 3 heterocycles. The monoisotopic (exact) mass is 548 g/mol. The van der Waals surface area contributed by atoms with Crippen molar-refractivity contribution in [3.05, 3.63) is 41.5 Å². The van der Waals surface area contributed by atoms with E-state index in [1.54, 1.807) is 11.6 Å². The standard InChI is InChI=1S/C25H31F3N6O3Si/c1-14-11-34-20(13-32(14)24(36)31-16-7-17(26)21(28)18(27)8-16)19(10-30-34)33-12-15(9-29)22(23(33)35)37-38(5,6)25(2,3)4/h7-8,10,14-15,22H,11-13H2,1-6H3,(H,31,36)/t14-,15?,22?/m0/s1. The summed E-state index contributed by atoms with van der Waals surface area (Å²) >= 11 is 0. The van der Waals surface area contributed by atoms with Crippen molar-refractivity contribution in [1.82, 2.24) is 14.7 Å². The Morgan fingerprint density at radius 3 is 2.42 bits per heavy atom. The van der Waals surface area contributed by atoms with Crippen molar-refractivity contribution in [2.45, 2.75) is 71.1 Å². The van der Waals surface area contributed by atoms with Crippen molar-refractivity contribution in [2.75, 3.05) is 16.8 Å². The average Bonchev–Trinajstić information content (AvgIpc) is 3.35. The van der Waals surface area contributed by atoms with Gasteiger partial charge in [0.2, 0.25) is 0 Å². The molecule has 3 amide bonds. The van der Waals surface area contributed by atoms with E-state index < -0.39 is 43.8 Å². The van der Waals surface area contributed by atoms with Crippen LogP contribution in [0.25, 0.3) is 0 Å². The third-order valence-corrected chi connectivity index (χ3v) is 12.1. The molecule has 2 aliphatic heterocycles. The normalized spacial score (nSPS) is 21.9. The van der Waals surface area contributed by atoms with Crippen LogP contribution < -0.4 is 10.2 Å². The second-order valence-electron chi connectivity index (χ2n) is 11.3. The van der Waals surface area contributed by atoms with Crippen molar-refractivity contribution in [3.8, 4) is 6.07 Å². The zero-order chi connectivity index (χ0) is 28.2. The quantitative estimate of drug-likeness (QED) is 0.444. The van der Waals surface area contributed by atoms with E-state index in [9.17, 15) is 28.0 Å². The fourth-order valence-electron chi connectivity index (χ4n) is 4.37. The first-order chi connectivity index (χ1) is 17.6. The third-order valence-electron chi connectivity index (χ3n) is 7.65. The van der Waals surface area contributed by atoms with Gasteiger partial charge in [0.25, 0.3) is 5.91 Å². The largest absolute Gasteiger partial charge is 0.404 e. The van der Waals surface area contributed by atoms with Crippen LogP contribution in [0.3, 0.4) is 0 Å². The molecule has 1 aromatic carbocycles. The molecule has 0 saturated carbocycles. The first-order valence-electron chi connectivity index (χ1n) is 12.3. The summed E-state index contributed by atoms with van der Waals surface area (Å²) in [6.07, 6.45) is 0.636. The van der Waals surface area contributed by atoms with E-state index >= 15 is 0 Å². The molecule has 38 heavy (non-hydrogen) atoms. The van der Waals surface area contributed by atoms with Gasteiger partial charge < -0.3 is 19.5 Å². The number of nitrogens with zero attached hydrogens (tertiary/aromatic N) is 5. The van der Waals surface area contributed by atoms with Gasteiger partial charge >= 0.3 is 6.03 Å². The first kappa shape index (κ1) is 27.7. The molecule has 0 aliphatic carbocycles. The van der Waals surface area contributed by atoms with Gasteiger partial charge in [-0.15, -0.1) is 0 Å². The highest BCUT2D eigenvalue weighted by atomic mass is 28.4. The number of nitrogens with one attached hydrogen (secondary N) is 1. The van der Waals surface area contributed by atoms with Crippen molar-refractivity contribution in [1.29, 1.82) is 5.26 Å². The number of halogens is 3. The van der Waals surface area contributed by atoms with E-state index in [2.05, 4.69) is 37.3 Å². The molecule has 0 radical (unpaired) electrons. The second kappa shape index (κ2) is 9.74.